The second-order valence-electron chi connectivity index (χ2n) is 42.1. The molecule has 51 atom stereocenters. The van der Waals surface area contributed by atoms with Gasteiger partial charge in [0.2, 0.25) is 12.2 Å². The third-order valence-electron chi connectivity index (χ3n) is 32.9. The average molecular weight is 2060 g/mol. The molecular formula is C95H149NO47. The molecule has 0 spiro atoms. The van der Waals surface area contributed by atoms with Crippen LogP contribution in [0.25, 0.3) is 0 Å². The van der Waals surface area contributed by atoms with Gasteiger partial charge in [0.15, 0.2) is 50.1 Å². The predicted octanol–water partition coefficient (Wildman–Crippen LogP) is -8.12. The average Bonchev–Trinajstić information content (AvgIpc) is 0.669. The minimum Gasteiger partial charge on any atom is -0.459 e. The molecule has 0 aromatic carbocycles. The second kappa shape index (κ2) is 46.7. The van der Waals surface area contributed by atoms with Gasteiger partial charge >= 0.3 is 17.9 Å². The minimum absolute atomic E-state index is 0.0430. The van der Waals surface area contributed by atoms with E-state index < -0.39 is 391 Å². The summed E-state index contributed by atoms with van der Waals surface area (Å²) in [6.45, 7) is 18.1. The van der Waals surface area contributed by atoms with Crippen molar-refractivity contribution >= 4 is 23.8 Å². The molecule has 8 aliphatic heterocycles. The molecule has 13 unspecified atom stereocenters. The number of amides is 1. The van der Waals surface area contributed by atoms with Gasteiger partial charge in [0.05, 0.1) is 106 Å². The van der Waals surface area contributed by atoms with Gasteiger partial charge in [-0.05, 0) is 131 Å². The molecule has 0 aromatic rings. The van der Waals surface area contributed by atoms with Crippen molar-refractivity contribution in [3.05, 3.63) is 60.3 Å². The molecular weight excluding hydrogens is 1910 g/mol. The molecule has 8 heterocycles. The number of esters is 3. The van der Waals surface area contributed by atoms with Crippen molar-refractivity contribution in [2.24, 2.45) is 50.7 Å². The maximum atomic E-state index is 16.3. The summed E-state index contributed by atoms with van der Waals surface area (Å²) in [4.78, 5) is 57.7. The van der Waals surface area contributed by atoms with E-state index >= 15 is 4.79 Å². The van der Waals surface area contributed by atoms with Gasteiger partial charge < -0.3 is 218 Å². The number of fused-ring (bicyclic) bond motifs is 7. The van der Waals surface area contributed by atoms with Crippen molar-refractivity contribution in [1.29, 1.82) is 0 Å². The zero-order valence-corrected chi connectivity index (χ0v) is 81.5. The summed E-state index contributed by atoms with van der Waals surface area (Å²) in [5.41, 5.74) is -6.58. The van der Waals surface area contributed by atoms with Crippen molar-refractivity contribution < 1.29 is 232 Å². The number of allylic oxidation sites excluding steroid dienone is 3. The van der Waals surface area contributed by atoms with E-state index in [1.165, 1.54) is 46.8 Å². The van der Waals surface area contributed by atoms with Crippen LogP contribution in [0.1, 0.15) is 140 Å². The Labute approximate surface area is 825 Å². The highest BCUT2D eigenvalue weighted by Gasteiger charge is 2.73. The van der Waals surface area contributed by atoms with Crippen LogP contribution in [0.3, 0.4) is 0 Å². The van der Waals surface area contributed by atoms with E-state index in [0.29, 0.717) is 37.7 Å². The van der Waals surface area contributed by atoms with E-state index in [2.05, 4.69) is 38.4 Å². The first-order valence-corrected chi connectivity index (χ1v) is 49.0. The van der Waals surface area contributed by atoms with Gasteiger partial charge in [-0.3, -0.25) is 9.59 Å². The Morgan fingerprint density at radius 3 is 1.59 bits per heavy atom. The van der Waals surface area contributed by atoms with Crippen LogP contribution in [0.15, 0.2) is 60.3 Å². The van der Waals surface area contributed by atoms with Gasteiger partial charge in [0, 0.05) is 19.3 Å². The normalized spacial score (nSPS) is 47.9. The van der Waals surface area contributed by atoms with Crippen LogP contribution in [0.4, 0.5) is 0 Å². The number of nitrogens with one attached hydrogen (secondary N) is 1. The largest absolute Gasteiger partial charge is 0.459 e. The topological polar surface area (TPSA) is 752 Å². The summed E-state index contributed by atoms with van der Waals surface area (Å²) < 4.78 is 108. The summed E-state index contributed by atoms with van der Waals surface area (Å²) in [6, 6.07) is -1.40. The third kappa shape index (κ3) is 22.6. The Hall–Kier alpha value is -5.02. The first-order chi connectivity index (χ1) is 67.3. The molecule has 13 rings (SSSR count). The molecule has 0 bridgehead atoms. The van der Waals surface area contributed by atoms with Gasteiger partial charge in [0.25, 0.3) is 0 Å². The van der Waals surface area contributed by atoms with E-state index in [9.17, 15) is 142 Å². The van der Waals surface area contributed by atoms with E-state index in [-0.39, 0.29) is 49.5 Å². The minimum atomic E-state index is -2.36. The van der Waals surface area contributed by atoms with Crippen LogP contribution < -0.4 is 5.32 Å². The quantitative estimate of drug-likeness (QED) is 0.00935. The van der Waals surface area contributed by atoms with Crippen molar-refractivity contribution in [1.82, 2.24) is 5.32 Å². The number of rotatable bonds is 34. The SMILES string of the molecule is C=C[C@@H](OC1O[C@@H](C)[C@H](OC(=O)/C(=C\CCC(C)(O)C=C)CO)[C@@H](O)[C@@H]1O)C(/C=C(\CO)C(=O)OC1CCC2C3=CCC4C5(C)CCC(O[C@@H]6O[C@H](CO)[C@@H](O[C@@H]7O[C@H](C)[C@H](O[C@@H]8OC[C@@H](O)[C@H](O)[C@H]8O)[C@H](O)[C@H]7O)[C@H](O)[C@H]6NC(C)=O)C(C)(C)C5CCC4(C)C3(C)CC(O)C2(C(=O)O[C@@H]2O[C@H](CO)[C@@H](O[C@@H]3O[C@H](C)[C@@H](O[C@@H]4O[C@H](CO)[C@@H](O)[C@H](O)[C@H]4O)[C@H](O[C@@H]4OC[C@@H](O)[C@@H](O)[C@@H]4O)[C@@H]3O)[C@H](O)[C@H]2O)C1)CO. The Morgan fingerprint density at radius 1 is 0.503 bits per heavy atom. The molecule has 8 saturated heterocycles. The maximum Gasteiger partial charge on any atom is 0.336 e. The molecule has 48 heteroatoms. The number of carbonyl (C=O) groups is 4. The van der Waals surface area contributed by atoms with Crippen molar-refractivity contribution in [2.45, 2.75) is 403 Å². The summed E-state index contributed by atoms with van der Waals surface area (Å²) >= 11 is 0. The molecule has 0 aromatic heterocycles. The fourth-order valence-electron chi connectivity index (χ4n) is 24.4. The lowest BCUT2D eigenvalue weighted by atomic mass is 9.33. The highest BCUT2D eigenvalue weighted by atomic mass is 16.8. The molecule has 26 N–H and O–H groups in total. The van der Waals surface area contributed by atoms with Crippen LogP contribution in [0, 0.1) is 50.7 Å². The van der Waals surface area contributed by atoms with E-state index in [4.69, 9.17) is 85.3 Å². The van der Waals surface area contributed by atoms with E-state index in [1.54, 1.807) is 0 Å². The van der Waals surface area contributed by atoms with Gasteiger partial charge in [0.1, 0.15) is 170 Å². The van der Waals surface area contributed by atoms with Crippen molar-refractivity contribution in [3.8, 4) is 0 Å². The van der Waals surface area contributed by atoms with Crippen LogP contribution >= 0.6 is 0 Å². The van der Waals surface area contributed by atoms with Crippen molar-refractivity contribution in [3.63, 3.8) is 0 Å². The first-order valence-electron chi connectivity index (χ1n) is 49.0. The number of aliphatic hydroxyl groups excluding tert-OH is 24. The Morgan fingerprint density at radius 2 is 1.01 bits per heavy atom. The number of hydrogen-bond donors (Lipinski definition) is 26. The molecule has 0 radical (unpaired) electrons. The summed E-state index contributed by atoms with van der Waals surface area (Å²) in [5.74, 6) is -6.89. The zero-order valence-electron chi connectivity index (χ0n) is 81.5. The van der Waals surface area contributed by atoms with Gasteiger partial charge in [-0.25, -0.2) is 9.59 Å². The number of hydrogen-bond acceptors (Lipinski definition) is 47. The summed E-state index contributed by atoms with van der Waals surface area (Å²) in [5, 5.41) is 282. The third-order valence-corrected chi connectivity index (χ3v) is 32.9. The molecule has 143 heavy (non-hydrogen) atoms. The summed E-state index contributed by atoms with van der Waals surface area (Å²) in [7, 11) is 0. The van der Waals surface area contributed by atoms with E-state index in [1.807, 2.05) is 20.8 Å². The molecule has 4 saturated carbocycles. The molecule has 816 valence electrons. The lowest BCUT2D eigenvalue weighted by Crippen LogP contribution is -2.69. The number of ether oxygens (including phenoxy) is 18. The van der Waals surface area contributed by atoms with Crippen LogP contribution in [-0.4, -0.2) is 468 Å². The number of carbonyl (C=O) groups excluding carboxylic acids is 4. The van der Waals surface area contributed by atoms with Gasteiger partial charge in [-0.1, -0.05) is 70.6 Å². The molecule has 5 aliphatic carbocycles. The first kappa shape index (κ1) is 115. The molecule has 1 amide bonds. The van der Waals surface area contributed by atoms with Gasteiger partial charge in [-0.15, -0.1) is 13.2 Å². The smallest absolute Gasteiger partial charge is 0.336 e. The maximum absolute atomic E-state index is 16.3. The van der Waals surface area contributed by atoms with Crippen molar-refractivity contribution in [2.75, 3.05) is 52.9 Å². The fourth-order valence-corrected chi connectivity index (χ4v) is 24.4. The zero-order chi connectivity index (χ0) is 105. The Bertz CT molecular complexity index is 4370. The Balaban J connectivity index is 0.750. The van der Waals surface area contributed by atoms with Gasteiger partial charge in [-0.2, -0.15) is 0 Å². The van der Waals surface area contributed by atoms with Crippen LogP contribution in [0.2, 0.25) is 0 Å². The highest BCUT2D eigenvalue weighted by molar-refractivity contribution is 5.89. The lowest BCUT2D eigenvalue weighted by Gasteiger charge is -2.71. The predicted molar refractivity (Wildman–Crippen MR) is 477 cm³/mol. The Kier molecular flexibility index (Phi) is 37.6. The highest BCUT2D eigenvalue weighted by Crippen LogP contribution is 2.76. The lowest BCUT2D eigenvalue weighted by molar-refractivity contribution is -0.392. The molecule has 13 aliphatic rings. The fraction of sp³-hybridized carbons (Fsp3) is 0.853. The molecule has 12 fully saturated rings. The standard InChI is InChI=1S/C95H149NO47/c1-13-49(132-84-69(118)63(112)73(37(3)128-84)137-79(122)41(29-97)16-15-23-91(9,125)14-2)42(30-98)26-43(31-99)80(123)131-44-17-18-46-45-19-20-54-92(10)24-22-56(136-81-57(96-40(6)103)61(110)76(51(33-101)134-81)140-85-70(119)64(113)74(38(4)129-85)138-82-66(115)58(107)47(104)35-126-82)90(7,8)53(92)21-25-93(54,11)94(45,12)28-55(106)95(46,27-44)89(124)143-87-71(120)65(114)77(52(34-102)135-87)141-88-72(121)78(142-83-67(116)59(108)48(105)36-127-83)75(39(5)130-88)139-86-68(117)62(111)60(109)50(32-100)133-86/h13-14,16,19,26,37-39,42,44,46-78,81-88,97-102,104-121,125H,1-2,15,17-18,20-25,27-36H2,3-12H3,(H,96,103)/b41-16-,43-26+/t37-,38+,39+,42?,44?,46?,47+,48+,49+,50+,51+,52+,53?,54?,55?,56?,57+,58-,59+,60+,61+,62-,63-,64+,65+,66+,67-,68+,69-,70+,71+,72-,73-,74-,75+,76+,77+,78+,81-,82-,83-,84?,85-,86-,87-,88-,91?,92?,93?,94?,95?/m0/s1. The van der Waals surface area contributed by atoms with Crippen LogP contribution in [0.5, 0.6) is 0 Å². The number of aliphatic hydroxyl groups is 25. The van der Waals surface area contributed by atoms with E-state index in [0.717, 1.165) is 12.2 Å². The summed E-state index contributed by atoms with van der Waals surface area (Å²) in [6.07, 6.45) is -62.5. The molecule has 48 nitrogen and oxygen atoms in total. The van der Waals surface area contributed by atoms with Crippen LogP contribution in [-0.2, 0) is 104 Å². The second-order valence-corrected chi connectivity index (χ2v) is 42.1. The monoisotopic (exact) mass is 2060 g/mol.